The van der Waals surface area contributed by atoms with Crippen molar-refractivity contribution in [3.05, 3.63) is 10.0 Å². The van der Waals surface area contributed by atoms with Gasteiger partial charge in [0.25, 0.3) is 0 Å². The quantitative estimate of drug-likeness (QED) is 0.886. The van der Waals surface area contributed by atoms with Crippen LogP contribution in [-0.4, -0.2) is 22.7 Å². The van der Waals surface area contributed by atoms with Crippen LogP contribution in [0.1, 0.15) is 32.6 Å². The molecule has 0 unspecified atom stereocenters. The molecule has 16 heavy (non-hydrogen) atoms. The number of aliphatic hydroxyl groups excluding tert-OH is 1. The minimum atomic E-state index is -0.0376. The minimum Gasteiger partial charge on any atom is -0.391 e. The second kappa shape index (κ2) is 5.84. The Morgan fingerprint density at radius 2 is 2.00 bits per heavy atom. The van der Waals surface area contributed by atoms with E-state index in [0.29, 0.717) is 17.1 Å². The van der Waals surface area contributed by atoms with Crippen LogP contribution >= 0.6 is 22.9 Å². The van der Waals surface area contributed by atoms with E-state index in [0.717, 1.165) is 16.6 Å². The predicted molar refractivity (Wildman–Crippen MR) is 70.4 cm³/mol. The van der Waals surface area contributed by atoms with Crippen LogP contribution in [0.25, 0.3) is 0 Å². The van der Waals surface area contributed by atoms with Gasteiger partial charge in [-0.15, -0.1) is 0 Å². The summed E-state index contributed by atoms with van der Waals surface area (Å²) in [6.07, 6.45) is 0. The number of halogens is 1. The molecule has 1 aromatic rings. The summed E-state index contributed by atoms with van der Waals surface area (Å²) < 4.78 is 0. The van der Waals surface area contributed by atoms with Crippen LogP contribution in [0.15, 0.2) is 0 Å². The lowest BCUT2D eigenvalue weighted by molar-refractivity contribution is 0.285. The van der Waals surface area contributed by atoms with Gasteiger partial charge in [-0.1, -0.05) is 36.8 Å². The van der Waals surface area contributed by atoms with Crippen LogP contribution in [0, 0.1) is 5.92 Å². The lowest BCUT2D eigenvalue weighted by Crippen LogP contribution is -2.33. The Labute approximate surface area is 106 Å². The van der Waals surface area contributed by atoms with Crippen LogP contribution in [-0.2, 0) is 6.61 Å². The van der Waals surface area contributed by atoms with Gasteiger partial charge in [0.15, 0.2) is 5.13 Å². The van der Waals surface area contributed by atoms with Crippen molar-refractivity contribution in [2.45, 2.75) is 40.3 Å². The Hall–Kier alpha value is -0.320. The Morgan fingerprint density at radius 3 is 2.38 bits per heavy atom. The Balaban J connectivity index is 2.92. The molecule has 1 rings (SSSR count). The van der Waals surface area contributed by atoms with E-state index in [1.165, 1.54) is 11.3 Å². The number of rotatable bonds is 5. The third-order valence-corrected chi connectivity index (χ3v) is 3.71. The van der Waals surface area contributed by atoms with Gasteiger partial charge in [-0.3, -0.25) is 0 Å². The SMILES string of the molecule is CC(C)CN(c1nc(Cl)c(CO)s1)C(C)C. The summed E-state index contributed by atoms with van der Waals surface area (Å²) >= 11 is 7.41. The molecule has 0 aromatic carbocycles. The first-order chi connectivity index (χ1) is 7.45. The predicted octanol–water partition coefficient (Wildman–Crippen LogP) is 3.16. The summed E-state index contributed by atoms with van der Waals surface area (Å²) in [5.41, 5.74) is 0. The molecule has 0 bridgehead atoms. The van der Waals surface area contributed by atoms with Crippen LogP contribution < -0.4 is 4.90 Å². The summed E-state index contributed by atoms with van der Waals surface area (Å²) in [6.45, 7) is 9.54. The van der Waals surface area contributed by atoms with E-state index in [9.17, 15) is 0 Å². The summed E-state index contributed by atoms with van der Waals surface area (Å²) in [5, 5.41) is 10.4. The molecule has 0 fully saturated rings. The van der Waals surface area contributed by atoms with Gasteiger partial charge < -0.3 is 10.0 Å². The molecule has 0 aliphatic carbocycles. The van der Waals surface area contributed by atoms with Crippen molar-refractivity contribution < 1.29 is 5.11 Å². The largest absolute Gasteiger partial charge is 0.391 e. The normalized spacial score (nSPS) is 11.5. The standard InChI is InChI=1S/C11H19ClN2OS/c1-7(2)5-14(8(3)4)11-13-10(12)9(6-15)16-11/h7-8,15H,5-6H2,1-4H3. The van der Waals surface area contributed by atoms with E-state index >= 15 is 0 Å². The Morgan fingerprint density at radius 1 is 1.38 bits per heavy atom. The molecule has 0 saturated heterocycles. The molecule has 0 radical (unpaired) electrons. The maximum atomic E-state index is 9.10. The first-order valence-electron chi connectivity index (χ1n) is 5.48. The first-order valence-corrected chi connectivity index (χ1v) is 6.67. The molecule has 1 heterocycles. The second-order valence-electron chi connectivity index (χ2n) is 4.51. The number of aromatic nitrogens is 1. The van der Waals surface area contributed by atoms with Gasteiger partial charge in [0, 0.05) is 12.6 Å². The molecular formula is C11H19ClN2OS. The van der Waals surface area contributed by atoms with Crippen molar-refractivity contribution in [1.82, 2.24) is 4.98 Å². The lowest BCUT2D eigenvalue weighted by Gasteiger charge is -2.27. The number of thiazole rings is 1. The molecule has 0 atom stereocenters. The molecule has 5 heteroatoms. The van der Waals surface area contributed by atoms with Crippen molar-refractivity contribution in [1.29, 1.82) is 0 Å². The molecule has 0 amide bonds. The lowest BCUT2D eigenvalue weighted by atomic mass is 10.2. The molecular weight excluding hydrogens is 244 g/mol. The number of hydrogen-bond donors (Lipinski definition) is 1. The summed E-state index contributed by atoms with van der Waals surface area (Å²) in [6, 6.07) is 0.385. The fraction of sp³-hybridized carbons (Fsp3) is 0.727. The third-order valence-electron chi connectivity index (χ3n) is 2.21. The van der Waals surface area contributed by atoms with Crippen LogP contribution in [0.5, 0.6) is 0 Å². The topological polar surface area (TPSA) is 36.4 Å². The van der Waals surface area contributed by atoms with Crippen molar-refractivity contribution in [3.63, 3.8) is 0 Å². The van der Waals surface area contributed by atoms with Gasteiger partial charge in [0.05, 0.1) is 11.5 Å². The van der Waals surface area contributed by atoms with Gasteiger partial charge >= 0.3 is 0 Å². The average Bonchev–Trinajstić information content (AvgIpc) is 2.55. The molecule has 92 valence electrons. The number of aliphatic hydroxyl groups is 1. The monoisotopic (exact) mass is 262 g/mol. The molecule has 0 saturated carbocycles. The van der Waals surface area contributed by atoms with Gasteiger partial charge in [0.1, 0.15) is 5.15 Å². The van der Waals surface area contributed by atoms with Crippen LogP contribution in [0.2, 0.25) is 5.15 Å². The summed E-state index contributed by atoms with van der Waals surface area (Å²) in [4.78, 5) is 7.27. The van der Waals surface area contributed by atoms with E-state index < -0.39 is 0 Å². The molecule has 1 N–H and O–H groups in total. The highest BCUT2D eigenvalue weighted by Crippen LogP contribution is 2.31. The van der Waals surface area contributed by atoms with Crippen molar-refractivity contribution in [3.8, 4) is 0 Å². The average molecular weight is 263 g/mol. The zero-order valence-electron chi connectivity index (χ0n) is 10.2. The van der Waals surface area contributed by atoms with Gasteiger partial charge in [-0.2, -0.15) is 0 Å². The zero-order valence-corrected chi connectivity index (χ0v) is 11.8. The maximum absolute atomic E-state index is 9.10. The molecule has 3 nitrogen and oxygen atoms in total. The molecule has 0 aliphatic rings. The fourth-order valence-corrected chi connectivity index (χ4v) is 2.70. The number of hydrogen-bond acceptors (Lipinski definition) is 4. The van der Waals surface area contributed by atoms with E-state index in [4.69, 9.17) is 16.7 Å². The fourth-order valence-electron chi connectivity index (χ4n) is 1.44. The van der Waals surface area contributed by atoms with Crippen molar-refractivity contribution in [2.24, 2.45) is 5.92 Å². The van der Waals surface area contributed by atoms with E-state index in [-0.39, 0.29) is 6.61 Å². The second-order valence-corrected chi connectivity index (χ2v) is 5.93. The molecule has 1 aromatic heterocycles. The molecule has 0 aliphatic heterocycles. The smallest absolute Gasteiger partial charge is 0.187 e. The zero-order chi connectivity index (χ0) is 12.3. The summed E-state index contributed by atoms with van der Waals surface area (Å²) in [7, 11) is 0. The number of anilines is 1. The van der Waals surface area contributed by atoms with Gasteiger partial charge in [-0.25, -0.2) is 4.98 Å². The highest BCUT2D eigenvalue weighted by atomic mass is 35.5. The Kier molecular flexibility index (Phi) is 5.02. The molecule has 0 spiro atoms. The highest BCUT2D eigenvalue weighted by Gasteiger charge is 2.18. The van der Waals surface area contributed by atoms with E-state index in [2.05, 4.69) is 37.6 Å². The van der Waals surface area contributed by atoms with E-state index in [1.807, 2.05) is 0 Å². The van der Waals surface area contributed by atoms with Gasteiger partial charge in [0.2, 0.25) is 0 Å². The van der Waals surface area contributed by atoms with Gasteiger partial charge in [-0.05, 0) is 19.8 Å². The first kappa shape index (κ1) is 13.7. The van der Waals surface area contributed by atoms with E-state index in [1.54, 1.807) is 0 Å². The van der Waals surface area contributed by atoms with Crippen molar-refractivity contribution >= 4 is 28.1 Å². The van der Waals surface area contributed by atoms with Crippen molar-refractivity contribution in [2.75, 3.05) is 11.4 Å². The Bertz CT molecular complexity index is 339. The third kappa shape index (κ3) is 3.34. The maximum Gasteiger partial charge on any atom is 0.187 e. The van der Waals surface area contributed by atoms with Crippen LogP contribution in [0.3, 0.4) is 0 Å². The van der Waals surface area contributed by atoms with Crippen LogP contribution in [0.4, 0.5) is 5.13 Å². The number of nitrogens with zero attached hydrogens (tertiary/aromatic N) is 2. The summed E-state index contributed by atoms with van der Waals surface area (Å²) in [5.74, 6) is 0.572. The highest BCUT2D eigenvalue weighted by molar-refractivity contribution is 7.16. The minimum absolute atomic E-state index is 0.0376.